The van der Waals surface area contributed by atoms with Gasteiger partial charge in [-0.3, -0.25) is 0 Å². The van der Waals surface area contributed by atoms with Crippen LogP contribution in [0.4, 0.5) is 10.1 Å². The average Bonchev–Trinajstić information content (AvgIpc) is 2.77. The zero-order valence-electron chi connectivity index (χ0n) is 10.9. The summed E-state index contributed by atoms with van der Waals surface area (Å²) in [5.74, 6) is -0.185. The number of hydrogen-bond acceptors (Lipinski definition) is 2. The zero-order valence-corrected chi connectivity index (χ0v) is 12.5. The van der Waals surface area contributed by atoms with Gasteiger partial charge in [0, 0.05) is 20.7 Å². The zero-order chi connectivity index (χ0) is 14.1. The minimum absolute atomic E-state index is 0.185. The standard InChI is InChI=1S/C16H13ClFNS/c1-10-8-11(6-7-13(10)18)19-9-15-16(17)12-4-2-3-5-14(12)20-15/h2-8,19H,9H2,1H3. The van der Waals surface area contributed by atoms with Crippen LogP contribution in [0.3, 0.4) is 0 Å². The Hall–Kier alpha value is -1.58. The van der Waals surface area contributed by atoms with Crippen LogP contribution in [0.2, 0.25) is 5.02 Å². The van der Waals surface area contributed by atoms with E-state index in [2.05, 4.69) is 11.4 Å². The quantitative estimate of drug-likeness (QED) is 0.662. The molecule has 0 spiro atoms. The third-order valence-electron chi connectivity index (χ3n) is 3.21. The molecule has 3 rings (SSSR count). The summed E-state index contributed by atoms with van der Waals surface area (Å²) >= 11 is 8.07. The first-order chi connectivity index (χ1) is 9.65. The highest BCUT2D eigenvalue weighted by Crippen LogP contribution is 2.35. The lowest BCUT2D eigenvalue weighted by Gasteiger charge is -2.06. The molecule has 1 aromatic heterocycles. The second-order valence-corrected chi connectivity index (χ2v) is 6.17. The Labute approximate surface area is 126 Å². The highest BCUT2D eigenvalue weighted by atomic mass is 35.5. The lowest BCUT2D eigenvalue weighted by molar-refractivity contribution is 0.618. The molecule has 20 heavy (non-hydrogen) atoms. The Morgan fingerprint density at radius 1 is 1.20 bits per heavy atom. The molecule has 0 fully saturated rings. The van der Waals surface area contributed by atoms with Crippen molar-refractivity contribution in [1.82, 2.24) is 0 Å². The van der Waals surface area contributed by atoms with E-state index in [1.807, 2.05) is 18.2 Å². The molecule has 1 nitrogen and oxygen atoms in total. The van der Waals surface area contributed by atoms with E-state index < -0.39 is 0 Å². The molecule has 2 aromatic carbocycles. The topological polar surface area (TPSA) is 12.0 Å². The van der Waals surface area contributed by atoms with Gasteiger partial charge < -0.3 is 5.32 Å². The van der Waals surface area contributed by atoms with Crippen LogP contribution in [-0.2, 0) is 6.54 Å². The van der Waals surface area contributed by atoms with Gasteiger partial charge in [0.2, 0.25) is 0 Å². The van der Waals surface area contributed by atoms with Crippen LogP contribution in [0.1, 0.15) is 10.4 Å². The highest BCUT2D eigenvalue weighted by molar-refractivity contribution is 7.19. The second kappa shape index (κ2) is 5.43. The van der Waals surface area contributed by atoms with Crippen LogP contribution < -0.4 is 5.32 Å². The summed E-state index contributed by atoms with van der Waals surface area (Å²) in [5, 5.41) is 5.18. The monoisotopic (exact) mass is 305 g/mol. The number of benzene rings is 2. The molecule has 0 aliphatic carbocycles. The summed E-state index contributed by atoms with van der Waals surface area (Å²) in [6.45, 7) is 2.40. The molecule has 3 aromatic rings. The minimum Gasteiger partial charge on any atom is -0.380 e. The molecule has 0 saturated carbocycles. The molecule has 1 heterocycles. The van der Waals surface area contributed by atoms with E-state index in [9.17, 15) is 4.39 Å². The molecule has 0 amide bonds. The van der Waals surface area contributed by atoms with Crippen molar-refractivity contribution in [3.8, 4) is 0 Å². The van der Waals surface area contributed by atoms with Gasteiger partial charge in [0.05, 0.1) is 11.6 Å². The predicted octanol–water partition coefficient (Wildman–Crippen LogP) is 5.61. The third-order valence-corrected chi connectivity index (χ3v) is 4.93. The van der Waals surface area contributed by atoms with Crippen LogP contribution in [0.25, 0.3) is 10.1 Å². The molecule has 0 aliphatic rings. The Balaban J connectivity index is 1.83. The third kappa shape index (κ3) is 2.51. The average molecular weight is 306 g/mol. The molecule has 0 atom stereocenters. The van der Waals surface area contributed by atoms with E-state index in [0.29, 0.717) is 12.1 Å². The first-order valence-electron chi connectivity index (χ1n) is 6.31. The number of rotatable bonds is 3. The Morgan fingerprint density at radius 2 is 2.00 bits per heavy atom. The largest absolute Gasteiger partial charge is 0.380 e. The lowest BCUT2D eigenvalue weighted by Crippen LogP contribution is -1.98. The predicted molar refractivity (Wildman–Crippen MR) is 85.3 cm³/mol. The maximum Gasteiger partial charge on any atom is 0.126 e. The summed E-state index contributed by atoms with van der Waals surface area (Å²) in [5.41, 5.74) is 1.54. The SMILES string of the molecule is Cc1cc(NCc2sc3ccccc3c2Cl)ccc1F. The Morgan fingerprint density at radius 3 is 2.75 bits per heavy atom. The molecular weight excluding hydrogens is 293 g/mol. The normalized spacial score (nSPS) is 10.9. The van der Waals surface area contributed by atoms with E-state index in [1.165, 1.54) is 10.8 Å². The molecule has 0 radical (unpaired) electrons. The maximum atomic E-state index is 13.2. The van der Waals surface area contributed by atoms with Gasteiger partial charge in [-0.25, -0.2) is 4.39 Å². The molecule has 0 unspecified atom stereocenters. The van der Waals surface area contributed by atoms with E-state index >= 15 is 0 Å². The molecule has 102 valence electrons. The van der Waals surface area contributed by atoms with Crippen molar-refractivity contribution in [1.29, 1.82) is 0 Å². The van der Waals surface area contributed by atoms with E-state index in [0.717, 1.165) is 21.0 Å². The number of fused-ring (bicyclic) bond motifs is 1. The van der Waals surface area contributed by atoms with Gasteiger partial charge in [-0.15, -0.1) is 11.3 Å². The van der Waals surface area contributed by atoms with Gasteiger partial charge in [0.25, 0.3) is 0 Å². The number of thiophene rings is 1. The fourth-order valence-corrected chi connectivity index (χ4v) is 3.55. The number of aryl methyl sites for hydroxylation is 1. The molecule has 0 saturated heterocycles. The first-order valence-corrected chi connectivity index (χ1v) is 7.50. The van der Waals surface area contributed by atoms with Crippen molar-refractivity contribution >= 4 is 38.7 Å². The van der Waals surface area contributed by atoms with E-state index in [-0.39, 0.29) is 5.82 Å². The molecule has 0 aliphatic heterocycles. The number of nitrogens with one attached hydrogen (secondary N) is 1. The number of hydrogen-bond donors (Lipinski definition) is 1. The Kier molecular flexibility index (Phi) is 3.64. The van der Waals surface area contributed by atoms with Crippen molar-refractivity contribution in [2.45, 2.75) is 13.5 Å². The second-order valence-electron chi connectivity index (χ2n) is 4.65. The smallest absolute Gasteiger partial charge is 0.126 e. The fourth-order valence-electron chi connectivity index (χ4n) is 2.12. The summed E-state index contributed by atoms with van der Waals surface area (Å²) in [4.78, 5) is 1.09. The number of halogens is 2. The minimum atomic E-state index is -0.185. The van der Waals surface area contributed by atoms with Crippen LogP contribution in [0.15, 0.2) is 42.5 Å². The molecule has 4 heteroatoms. The van der Waals surface area contributed by atoms with Gasteiger partial charge in [0.15, 0.2) is 0 Å². The lowest BCUT2D eigenvalue weighted by atomic mass is 10.2. The van der Waals surface area contributed by atoms with Gasteiger partial charge in [-0.05, 0) is 36.8 Å². The fraction of sp³-hybridized carbons (Fsp3) is 0.125. The van der Waals surface area contributed by atoms with Crippen molar-refractivity contribution in [3.63, 3.8) is 0 Å². The van der Waals surface area contributed by atoms with Crippen LogP contribution in [0, 0.1) is 12.7 Å². The highest BCUT2D eigenvalue weighted by Gasteiger charge is 2.09. The van der Waals surface area contributed by atoms with Gasteiger partial charge >= 0.3 is 0 Å². The molecule has 0 bridgehead atoms. The van der Waals surface area contributed by atoms with Crippen molar-refractivity contribution in [2.24, 2.45) is 0 Å². The van der Waals surface area contributed by atoms with Crippen molar-refractivity contribution < 1.29 is 4.39 Å². The summed E-state index contributed by atoms with van der Waals surface area (Å²) < 4.78 is 14.4. The molecule has 1 N–H and O–H groups in total. The van der Waals surface area contributed by atoms with E-state index in [4.69, 9.17) is 11.6 Å². The van der Waals surface area contributed by atoms with Crippen molar-refractivity contribution in [2.75, 3.05) is 5.32 Å². The van der Waals surface area contributed by atoms with Crippen LogP contribution >= 0.6 is 22.9 Å². The number of anilines is 1. The summed E-state index contributed by atoms with van der Waals surface area (Å²) in [7, 11) is 0. The van der Waals surface area contributed by atoms with Gasteiger partial charge in [-0.1, -0.05) is 29.8 Å². The van der Waals surface area contributed by atoms with E-state index in [1.54, 1.807) is 30.4 Å². The van der Waals surface area contributed by atoms with Crippen molar-refractivity contribution in [3.05, 3.63) is 63.7 Å². The first kappa shape index (κ1) is 13.4. The maximum absolute atomic E-state index is 13.2. The van der Waals surface area contributed by atoms with Crippen LogP contribution in [-0.4, -0.2) is 0 Å². The van der Waals surface area contributed by atoms with Gasteiger partial charge in [-0.2, -0.15) is 0 Å². The van der Waals surface area contributed by atoms with Crippen LogP contribution in [0.5, 0.6) is 0 Å². The van der Waals surface area contributed by atoms with Gasteiger partial charge in [0.1, 0.15) is 5.82 Å². The summed E-state index contributed by atoms with van der Waals surface area (Å²) in [6, 6.07) is 13.1. The Bertz CT molecular complexity index is 766. The molecular formula is C16H13ClFNS. The summed E-state index contributed by atoms with van der Waals surface area (Å²) in [6.07, 6.45) is 0.